The molecule has 2 amide bonds. The Bertz CT molecular complexity index is 519. The molecule has 0 aromatic carbocycles. The molecule has 0 saturated carbocycles. The molecule has 2 fully saturated rings. The Labute approximate surface area is 124 Å². The summed E-state index contributed by atoms with van der Waals surface area (Å²) >= 11 is 1.30. The number of alkyl halides is 2. The van der Waals surface area contributed by atoms with E-state index < -0.39 is 18.5 Å². The Hall–Kier alpha value is -1.35. The predicted octanol–water partition coefficient (Wildman–Crippen LogP) is 2.31. The quantitative estimate of drug-likeness (QED) is 0.908. The molecule has 1 aromatic heterocycles. The number of carbonyl (C=O) groups is 1. The van der Waals surface area contributed by atoms with Crippen LogP contribution in [0.15, 0.2) is 0 Å². The first-order valence-electron chi connectivity index (χ1n) is 6.88. The zero-order valence-electron chi connectivity index (χ0n) is 11.3. The van der Waals surface area contributed by atoms with Crippen molar-refractivity contribution in [3.8, 4) is 0 Å². The van der Waals surface area contributed by atoms with Crippen molar-refractivity contribution in [2.45, 2.75) is 31.1 Å². The first-order chi connectivity index (χ1) is 10.0. The number of anilines is 1. The normalized spacial score (nSPS) is 22.5. The summed E-state index contributed by atoms with van der Waals surface area (Å²) in [7, 11) is 0. The van der Waals surface area contributed by atoms with Crippen molar-refractivity contribution < 1.29 is 18.3 Å². The van der Waals surface area contributed by atoms with Crippen LogP contribution in [0.3, 0.4) is 0 Å². The second-order valence-electron chi connectivity index (χ2n) is 5.29. The Balaban J connectivity index is 1.58. The van der Waals surface area contributed by atoms with Crippen LogP contribution in [0.2, 0.25) is 0 Å². The highest BCUT2D eigenvalue weighted by molar-refractivity contribution is 7.15. The second-order valence-corrected chi connectivity index (χ2v) is 6.30. The minimum Gasteiger partial charge on any atom is -0.381 e. The maximum absolute atomic E-state index is 13.1. The minimum absolute atomic E-state index is 0.0600. The summed E-state index contributed by atoms with van der Waals surface area (Å²) in [5.41, 5.74) is 0. The highest BCUT2D eigenvalue weighted by atomic mass is 32.1. The molecule has 0 unspecified atom stereocenters. The number of nitrogens with one attached hydrogen (secondary N) is 1. The molecular weight excluding hydrogens is 302 g/mol. The van der Waals surface area contributed by atoms with Crippen LogP contribution in [0.4, 0.5) is 18.7 Å². The molecule has 0 spiro atoms. The number of hydrogen-bond donors (Lipinski definition) is 1. The molecular formula is C12H16F2N4O2S. The number of amides is 2. The zero-order chi connectivity index (χ0) is 14.9. The number of nitrogens with zero attached hydrogens (tertiary/aromatic N) is 3. The molecule has 2 aliphatic rings. The topological polar surface area (TPSA) is 67.3 Å². The molecule has 0 atom stereocenters. The second kappa shape index (κ2) is 5.80. The van der Waals surface area contributed by atoms with E-state index in [9.17, 15) is 13.6 Å². The summed E-state index contributed by atoms with van der Waals surface area (Å²) < 4.78 is 31.5. The lowest BCUT2D eigenvalue weighted by atomic mass is 10.0. The van der Waals surface area contributed by atoms with E-state index in [0.29, 0.717) is 24.3 Å². The number of aromatic nitrogens is 2. The molecule has 2 saturated heterocycles. The smallest absolute Gasteiger partial charge is 0.323 e. The number of likely N-dealkylation sites (tertiary alicyclic amines) is 1. The van der Waals surface area contributed by atoms with Gasteiger partial charge in [0, 0.05) is 32.1 Å². The van der Waals surface area contributed by atoms with Crippen LogP contribution < -0.4 is 5.32 Å². The minimum atomic E-state index is -2.79. The summed E-state index contributed by atoms with van der Waals surface area (Å²) in [5, 5.41) is 11.8. The molecule has 2 aliphatic heterocycles. The van der Waals surface area contributed by atoms with Crippen molar-refractivity contribution >= 4 is 22.5 Å². The van der Waals surface area contributed by atoms with Crippen molar-refractivity contribution in [2.24, 2.45) is 0 Å². The van der Waals surface area contributed by atoms with E-state index in [2.05, 4.69) is 15.5 Å². The van der Waals surface area contributed by atoms with Gasteiger partial charge >= 0.3 is 6.03 Å². The number of carbonyl (C=O) groups excluding carboxylic acids is 1. The summed E-state index contributed by atoms with van der Waals surface area (Å²) in [5.74, 6) is -2.48. The number of ether oxygens (including phenoxy) is 1. The van der Waals surface area contributed by atoms with Crippen molar-refractivity contribution in [3.05, 3.63) is 5.01 Å². The monoisotopic (exact) mass is 318 g/mol. The number of urea groups is 1. The van der Waals surface area contributed by atoms with E-state index >= 15 is 0 Å². The van der Waals surface area contributed by atoms with Gasteiger partial charge in [0.15, 0.2) is 0 Å². The Morgan fingerprint density at radius 2 is 2.14 bits per heavy atom. The van der Waals surface area contributed by atoms with Crippen LogP contribution in [0, 0.1) is 0 Å². The van der Waals surface area contributed by atoms with Gasteiger partial charge in [0.1, 0.15) is 5.01 Å². The summed E-state index contributed by atoms with van der Waals surface area (Å²) in [4.78, 5) is 13.0. The fourth-order valence-electron chi connectivity index (χ4n) is 2.47. The van der Waals surface area contributed by atoms with Crippen LogP contribution in [0.1, 0.15) is 30.2 Å². The Morgan fingerprint density at radius 3 is 2.81 bits per heavy atom. The molecule has 0 radical (unpaired) electrons. The first-order valence-corrected chi connectivity index (χ1v) is 7.70. The van der Waals surface area contributed by atoms with Gasteiger partial charge in [0.05, 0.1) is 6.54 Å². The van der Waals surface area contributed by atoms with Gasteiger partial charge in [-0.25, -0.2) is 13.6 Å². The fourth-order valence-corrected chi connectivity index (χ4v) is 3.38. The van der Waals surface area contributed by atoms with Gasteiger partial charge in [-0.3, -0.25) is 5.32 Å². The maximum Gasteiger partial charge on any atom is 0.323 e. The molecule has 21 heavy (non-hydrogen) atoms. The summed E-state index contributed by atoms with van der Waals surface area (Å²) in [6, 6.07) is -0.540. The van der Waals surface area contributed by atoms with Crippen molar-refractivity contribution in [2.75, 3.05) is 31.6 Å². The molecule has 1 aromatic rings. The Morgan fingerprint density at radius 1 is 1.38 bits per heavy atom. The molecule has 6 nitrogen and oxygen atoms in total. The van der Waals surface area contributed by atoms with Crippen LogP contribution in [-0.2, 0) is 4.74 Å². The third-order valence-corrected chi connectivity index (χ3v) is 4.68. The number of halogens is 2. The van der Waals surface area contributed by atoms with Crippen molar-refractivity contribution in [3.63, 3.8) is 0 Å². The lowest BCUT2D eigenvalue weighted by Gasteiger charge is -2.19. The van der Waals surface area contributed by atoms with E-state index in [1.165, 1.54) is 11.3 Å². The number of rotatable bonds is 2. The predicted molar refractivity (Wildman–Crippen MR) is 72.9 cm³/mol. The van der Waals surface area contributed by atoms with Crippen LogP contribution in [-0.4, -0.2) is 53.4 Å². The van der Waals surface area contributed by atoms with Gasteiger partial charge in [0.25, 0.3) is 5.92 Å². The van der Waals surface area contributed by atoms with Gasteiger partial charge in [-0.1, -0.05) is 11.3 Å². The van der Waals surface area contributed by atoms with Crippen LogP contribution >= 0.6 is 11.3 Å². The fraction of sp³-hybridized carbons (Fsp3) is 0.750. The third-order valence-electron chi connectivity index (χ3n) is 3.68. The average Bonchev–Trinajstić information content (AvgIpc) is 3.06. The molecule has 9 heteroatoms. The van der Waals surface area contributed by atoms with Crippen LogP contribution in [0.25, 0.3) is 0 Å². The van der Waals surface area contributed by atoms with Crippen molar-refractivity contribution in [1.29, 1.82) is 0 Å². The van der Waals surface area contributed by atoms with Gasteiger partial charge in [-0.2, -0.15) is 0 Å². The standard InChI is InChI=1S/C12H16F2N4O2S/c13-12(14)3-4-18(7-12)11(19)15-10-17-16-9(21-10)8-1-5-20-6-2-8/h8H,1-7H2,(H,15,17,19). The van der Waals surface area contributed by atoms with E-state index in [1.54, 1.807) is 0 Å². The lowest BCUT2D eigenvalue weighted by molar-refractivity contribution is 0.0159. The largest absolute Gasteiger partial charge is 0.381 e. The van der Waals surface area contributed by atoms with E-state index in [0.717, 1.165) is 22.7 Å². The van der Waals surface area contributed by atoms with Gasteiger partial charge < -0.3 is 9.64 Å². The number of hydrogen-bond acceptors (Lipinski definition) is 5. The highest BCUT2D eigenvalue weighted by Crippen LogP contribution is 2.31. The molecule has 3 heterocycles. The van der Waals surface area contributed by atoms with E-state index in [4.69, 9.17) is 4.74 Å². The molecule has 0 bridgehead atoms. The van der Waals surface area contributed by atoms with Gasteiger partial charge in [-0.15, -0.1) is 10.2 Å². The first kappa shape index (κ1) is 14.6. The zero-order valence-corrected chi connectivity index (χ0v) is 12.2. The summed E-state index contributed by atoms with van der Waals surface area (Å²) in [6.07, 6.45) is 1.49. The Kier molecular flexibility index (Phi) is 4.03. The van der Waals surface area contributed by atoms with E-state index in [1.807, 2.05) is 0 Å². The van der Waals surface area contributed by atoms with Crippen LogP contribution in [0.5, 0.6) is 0 Å². The van der Waals surface area contributed by atoms with Gasteiger partial charge in [-0.05, 0) is 12.8 Å². The lowest BCUT2D eigenvalue weighted by Crippen LogP contribution is -2.34. The van der Waals surface area contributed by atoms with Gasteiger partial charge in [0.2, 0.25) is 5.13 Å². The van der Waals surface area contributed by atoms with E-state index in [-0.39, 0.29) is 13.0 Å². The highest BCUT2D eigenvalue weighted by Gasteiger charge is 2.40. The molecule has 116 valence electrons. The molecule has 1 N–H and O–H groups in total. The molecule has 3 rings (SSSR count). The molecule has 0 aliphatic carbocycles. The SMILES string of the molecule is O=C(Nc1nnc(C2CCOCC2)s1)N1CCC(F)(F)C1. The van der Waals surface area contributed by atoms with Crippen molar-refractivity contribution in [1.82, 2.24) is 15.1 Å². The summed E-state index contributed by atoms with van der Waals surface area (Å²) in [6.45, 7) is 0.929. The maximum atomic E-state index is 13.1. The third kappa shape index (κ3) is 3.46. The average molecular weight is 318 g/mol.